The molecule has 0 aliphatic heterocycles. The van der Waals surface area contributed by atoms with Crippen molar-refractivity contribution in [1.82, 2.24) is 10.0 Å². The Balaban J connectivity index is 2.20. The van der Waals surface area contributed by atoms with Crippen molar-refractivity contribution in [2.45, 2.75) is 43.7 Å². The minimum atomic E-state index is -3.56. The van der Waals surface area contributed by atoms with Crippen molar-refractivity contribution in [1.29, 1.82) is 0 Å². The van der Waals surface area contributed by atoms with Crippen molar-refractivity contribution in [2.24, 2.45) is 0 Å². The molecule has 0 radical (unpaired) electrons. The highest BCUT2D eigenvalue weighted by atomic mass is 32.2. The van der Waals surface area contributed by atoms with Crippen molar-refractivity contribution in [3.8, 4) is 0 Å². The van der Waals surface area contributed by atoms with Gasteiger partial charge in [0.2, 0.25) is 10.0 Å². The van der Waals surface area contributed by atoms with Crippen molar-refractivity contribution in [2.75, 3.05) is 0 Å². The highest BCUT2D eigenvalue weighted by Gasteiger charge is 2.24. The van der Waals surface area contributed by atoms with E-state index in [1.807, 2.05) is 0 Å². The van der Waals surface area contributed by atoms with E-state index in [9.17, 15) is 13.2 Å². The topological polar surface area (TPSA) is 75.3 Å². The summed E-state index contributed by atoms with van der Waals surface area (Å²) in [7, 11) is -3.56. The minimum Gasteiger partial charge on any atom is -0.349 e. The van der Waals surface area contributed by atoms with Gasteiger partial charge in [-0.3, -0.25) is 4.79 Å². The lowest BCUT2D eigenvalue weighted by atomic mass is 10.2. The molecule has 1 aromatic rings. The van der Waals surface area contributed by atoms with Crippen molar-refractivity contribution >= 4 is 15.9 Å². The average molecular weight is 282 g/mol. The van der Waals surface area contributed by atoms with E-state index < -0.39 is 10.0 Å². The van der Waals surface area contributed by atoms with Gasteiger partial charge in [-0.2, -0.15) is 0 Å². The van der Waals surface area contributed by atoms with Crippen LogP contribution in [0.2, 0.25) is 0 Å². The van der Waals surface area contributed by atoms with E-state index >= 15 is 0 Å². The molecule has 0 heterocycles. The Kier molecular flexibility index (Phi) is 3.91. The number of carbonyl (C=O) groups excluding carboxylic acids is 1. The molecule has 104 valence electrons. The van der Waals surface area contributed by atoms with Crippen LogP contribution in [0, 0.1) is 0 Å². The van der Waals surface area contributed by atoms with Crippen LogP contribution in [0.4, 0.5) is 0 Å². The summed E-state index contributed by atoms with van der Waals surface area (Å²) in [6.07, 6.45) is 2.00. The maximum absolute atomic E-state index is 12.0. The van der Waals surface area contributed by atoms with Crippen LogP contribution in [0.5, 0.6) is 0 Å². The molecule has 1 aliphatic rings. The smallest absolute Gasteiger partial charge is 0.251 e. The average Bonchev–Trinajstić information content (AvgIpc) is 3.11. The predicted molar refractivity (Wildman–Crippen MR) is 72.4 cm³/mol. The fraction of sp³-hybridized carbons (Fsp3) is 0.462. The zero-order chi connectivity index (χ0) is 14.0. The zero-order valence-electron chi connectivity index (χ0n) is 11.0. The summed E-state index contributed by atoms with van der Waals surface area (Å²) < 4.78 is 26.5. The van der Waals surface area contributed by atoms with Gasteiger partial charge in [0.1, 0.15) is 0 Å². The number of rotatable bonds is 5. The van der Waals surface area contributed by atoms with E-state index in [-0.39, 0.29) is 22.9 Å². The molecule has 1 fully saturated rings. The Labute approximate surface area is 113 Å². The van der Waals surface area contributed by atoms with Crippen LogP contribution in [0.1, 0.15) is 37.0 Å². The van der Waals surface area contributed by atoms with Crippen LogP contribution in [-0.2, 0) is 10.0 Å². The number of sulfonamides is 1. The molecule has 1 aliphatic carbocycles. The minimum absolute atomic E-state index is 0.115. The molecule has 0 saturated heterocycles. The van der Waals surface area contributed by atoms with E-state index in [1.165, 1.54) is 12.1 Å². The van der Waals surface area contributed by atoms with E-state index in [0.717, 1.165) is 12.8 Å². The third-order valence-corrected chi connectivity index (χ3v) is 4.37. The number of hydrogen-bond acceptors (Lipinski definition) is 3. The summed E-state index contributed by atoms with van der Waals surface area (Å²) >= 11 is 0. The number of benzene rings is 1. The van der Waals surface area contributed by atoms with Crippen LogP contribution in [0.3, 0.4) is 0 Å². The van der Waals surface area contributed by atoms with Gasteiger partial charge in [-0.1, -0.05) is 6.07 Å². The SMILES string of the molecule is CC(C)NS(=O)(=O)c1cccc(C(=O)NC2CC2)c1. The Morgan fingerprint density at radius 2 is 2.00 bits per heavy atom. The first kappa shape index (κ1) is 14.0. The number of carbonyl (C=O) groups is 1. The van der Waals surface area contributed by atoms with Gasteiger partial charge in [0, 0.05) is 17.6 Å². The van der Waals surface area contributed by atoms with Crippen LogP contribution in [0.15, 0.2) is 29.2 Å². The van der Waals surface area contributed by atoms with Gasteiger partial charge in [-0.15, -0.1) is 0 Å². The van der Waals surface area contributed by atoms with Crippen molar-refractivity contribution < 1.29 is 13.2 Å². The normalized spacial score (nSPS) is 15.5. The standard InChI is InChI=1S/C13H18N2O3S/c1-9(2)15-19(17,18)12-5-3-4-10(8-12)13(16)14-11-6-7-11/h3-5,8-9,11,15H,6-7H2,1-2H3,(H,14,16). The van der Waals surface area contributed by atoms with Crippen LogP contribution < -0.4 is 10.0 Å². The zero-order valence-corrected chi connectivity index (χ0v) is 11.8. The molecule has 0 aromatic heterocycles. The van der Waals surface area contributed by atoms with Gasteiger partial charge in [0.05, 0.1) is 4.90 Å². The van der Waals surface area contributed by atoms with Gasteiger partial charge >= 0.3 is 0 Å². The molecule has 0 bridgehead atoms. The Morgan fingerprint density at radius 3 is 2.58 bits per heavy atom. The molecule has 19 heavy (non-hydrogen) atoms. The summed E-state index contributed by atoms with van der Waals surface area (Å²) in [5, 5.41) is 2.84. The molecule has 1 aromatic carbocycles. The maximum Gasteiger partial charge on any atom is 0.251 e. The molecular formula is C13H18N2O3S. The molecule has 0 atom stereocenters. The van der Waals surface area contributed by atoms with Crippen LogP contribution >= 0.6 is 0 Å². The second kappa shape index (κ2) is 5.30. The third-order valence-electron chi connectivity index (χ3n) is 2.71. The molecule has 6 heteroatoms. The molecule has 0 unspecified atom stereocenters. The lowest BCUT2D eigenvalue weighted by Crippen LogP contribution is -2.30. The largest absolute Gasteiger partial charge is 0.349 e. The van der Waals surface area contributed by atoms with E-state index in [1.54, 1.807) is 26.0 Å². The lowest BCUT2D eigenvalue weighted by molar-refractivity contribution is 0.0951. The number of amides is 1. The van der Waals surface area contributed by atoms with Crippen LogP contribution in [0.25, 0.3) is 0 Å². The first-order chi connectivity index (χ1) is 8.88. The highest BCUT2D eigenvalue weighted by molar-refractivity contribution is 7.89. The highest BCUT2D eigenvalue weighted by Crippen LogP contribution is 2.20. The fourth-order valence-electron chi connectivity index (χ4n) is 1.68. The fourth-order valence-corrected chi connectivity index (χ4v) is 2.98. The summed E-state index contributed by atoms with van der Waals surface area (Å²) in [5.74, 6) is -0.218. The molecule has 1 amide bonds. The molecule has 5 nitrogen and oxygen atoms in total. The van der Waals surface area contributed by atoms with E-state index in [4.69, 9.17) is 0 Å². The lowest BCUT2D eigenvalue weighted by Gasteiger charge is -2.10. The second-order valence-electron chi connectivity index (χ2n) is 5.05. The summed E-state index contributed by atoms with van der Waals surface area (Å²) in [6.45, 7) is 3.50. The quantitative estimate of drug-likeness (QED) is 0.854. The molecule has 0 spiro atoms. The summed E-state index contributed by atoms with van der Waals surface area (Å²) in [4.78, 5) is 12.0. The second-order valence-corrected chi connectivity index (χ2v) is 6.77. The predicted octanol–water partition coefficient (Wildman–Crippen LogP) is 1.27. The third kappa shape index (κ3) is 3.78. The van der Waals surface area contributed by atoms with Crippen molar-refractivity contribution in [3.05, 3.63) is 29.8 Å². The Morgan fingerprint density at radius 1 is 1.32 bits per heavy atom. The van der Waals surface area contributed by atoms with E-state index in [0.29, 0.717) is 5.56 Å². The van der Waals surface area contributed by atoms with Crippen molar-refractivity contribution in [3.63, 3.8) is 0 Å². The maximum atomic E-state index is 12.0. The Hall–Kier alpha value is -1.40. The monoisotopic (exact) mass is 282 g/mol. The van der Waals surface area contributed by atoms with Crippen LogP contribution in [-0.4, -0.2) is 26.4 Å². The first-order valence-electron chi connectivity index (χ1n) is 6.32. The van der Waals surface area contributed by atoms with Gasteiger partial charge < -0.3 is 5.32 Å². The summed E-state index contributed by atoms with van der Waals surface area (Å²) in [6, 6.07) is 6.15. The molecule has 2 N–H and O–H groups in total. The van der Waals surface area contributed by atoms with Gasteiger partial charge in [0.15, 0.2) is 0 Å². The number of hydrogen-bond donors (Lipinski definition) is 2. The van der Waals surface area contributed by atoms with E-state index in [2.05, 4.69) is 10.0 Å². The van der Waals surface area contributed by atoms with Gasteiger partial charge in [-0.05, 0) is 44.9 Å². The number of nitrogens with one attached hydrogen (secondary N) is 2. The first-order valence-corrected chi connectivity index (χ1v) is 7.80. The van der Waals surface area contributed by atoms with Gasteiger partial charge in [0.25, 0.3) is 5.91 Å². The molecule has 1 saturated carbocycles. The summed E-state index contributed by atoms with van der Waals surface area (Å²) in [5.41, 5.74) is 0.374. The Bertz CT molecular complexity index is 577. The molecular weight excluding hydrogens is 264 g/mol. The van der Waals surface area contributed by atoms with Gasteiger partial charge in [-0.25, -0.2) is 13.1 Å². The molecule has 2 rings (SSSR count).